The van der Waals surface area contributed by atoms with Crippen molar-refractivity contribution >= 4 is 83.7 Å². The van der Waals surface area contributed by atoms with E-state index in [1.807, 2.05) is 17.9 Å². The monoisotopic (exact) mass is 920 g/mol. The molecule has 0 radical (unpaired) electrons. The fourth-order valence-corrected chi connectivity index (χ4v) is 8.28. The van der Waals surface area contributed by atoms with Crippen molar-refractivity contribution < 1.29 is 40.2 Å². The van der Waals surface area contributed by atoms with Gasteiger partial charge in [0.15, 0.2) is 5.16 Å². The third-order valence-electron chi connectivity index (χ3n) is 9.80. The highest BCUT2D eigenvalue weighted by Crippen LogP contribution is 2.43. The van der Waals surface area contributed by atoms with Crippen LogP contribution in [0, 0.1) is 0 Å². The summed E-state index contributed by atoms with van der Waals surface area (Å²) in [4.78, 5) is 15.5. The molecule has 0 amide bonds. The topological polar surface area (TPSA) is 252 Å². The molecule has 19 nitrogen and oxygen atoms in total. The molecule has 4 bridgehead atoms. The van der Waals surface area contributed by atoms with Crippen LogP contribution in [0.4, 0.5) is 51.7 Å². The molecule has 6 rings (SSSR count). The molecular weight excluding hydrogens is 873 g/mol. The number of aromatic nitrogens is 3. The number of rotatable bonds is 16. The van der Waals surface area contributed by atoms with Gasteiger partial charge in [-0.2, -0.15) is 42.0 Å². The quantitative estimate of drug-likeness (QED) is 0.0530. The first-order chi connectivity index (χ1) is 30.2. The predicted octanol–water partition coefficient (Wildman–Crippen LogP) is 10.3. The molecule has 0 aliphatic carbocycles. The Hall–Kier alpha value is -5.78. The van der Waals surface area contributed by atoms with Crippen molar-refractivity contribution in [2.24, 2.45) is 20.5 Å². The molecule has 1 aliphatic heterocycles. The Morgan fingerprint density at radius 1 is 0.841 bits per heavy atom. The van der Waals surface area contributed by atoms with Gasteiger partial charge in [-0.25, -0.2) is 0 Å². The summed E-state index contributed by atoms with van der Waals surface area (Å²) >= 11 is 1.35. The van der Waals surface area contributed by atoms with Crippen molar-refractivity contribution in [3.8, 4) is 11.5 Å². The van der Waals surface area contributed by atoms with Gasteiger partial charge in [0.1, 0.15) is 29.6 Å². The lowest BCUT2D eigenvalue weighted by atomic mass is 9.90. The number of hydrogen-bond donors (Lipinski definition) is 4. The Balaban J connectivity index is 1.47. The summed E-state index contributed by atoms with van der Waals surface area (Å²) in [6.07, 6.45) is 3.78. The first-order valence-electron chi connectivity index (χ1n) is 19.9. The zero-order valence-corrected chi connectivity index (χ0v) is 37.7. The summed E-state index contributed by atoms with van der Waals surface area (Å²) < 4.78 is 84.4. The molecule has 0 spiro atoms. The van der Waals surface area contributed by atoms with Crippen molar-refractivity contribution in [2.75, 3.05) is 55.4 Å². The Morgan fingerprint density at radius 2 is 1.49 bits per heavy atom. The van der Waals surface area contributed by atoms with Crippen LogP contribution in [0.25, 0.3) is 0 Å². The number of hydrogen-bond acceptors (Lipinski definition) is 18. The highest BCUT2D eigenvalue weighted by Gasteiger charge is 2.22. The van der Waals surface area contributed by atoms with E-state index in [-0.39, 0.29) is 51.4 Å². The van der Waals surface area contributed by atoms with Crippen LogP contribution in [0.5, 0.6) is 11.5 Å². The largest absolute Gasteiger partial charge is 0.496 e. The molecule has 1 aromatic heterocycles. The molecule has 0 fully saturated rings. The van der Waals surface area contributed by atoms with Gasteiger partial charge in [0.25, 0.3) is 20.2 Å². The first-order valence-corrected chi connectivity index (χ1v) is 23.8. The molecule has 2 heterocycles. The van der Waals surface area contributed by atoms with Gasteiger partial charge in [-0.3, -0.25) is 9.11 Å². The standard InChI is InChI=1S/C41H48N10O9S3/c1-6-9-12-26(7-2)31-21-32(34(23-37(31)58-4)49-47-27-13-10-15-29(19-27)62(52,53)54)42-39-44-40-43-33-22-36(51(8-3)25-60-17-18-61-41(45-39)46-40)38(59-5)24-35(33)50-48-28-14-11-16-30(20-28)63(55,56)57/h10-11,13-16,19-24,26H,6-9,12,17-18,25H2,1-5H3,(H,52,53,54)(H,55,56,57)(H2,42,43,44,45,46). The SMILES string of the molecule is CCCCC(CC)c1cc(Nc2nc3nc(n2)SCCOCN(CC)c2cc(c(N=Nc4cccc(S(=O)(=O)O)c4)cc2OC)N3)c(N=Nc2cccc(S(=O)(=O)O)c2)cc1OC. The molecule has 4 N–H and O–H groups in total. The normalized spacial score (nSPS) is 14.1. The number of methoxy groups -OCH3 is 2. The number of unbranched alkanes of at least 4 members (excludes halogenated alkanes) is 1. The Labute approximate surface area is 370 Å². The van der Waals surface area contributed by atoms with E-state index in [0.29, 0.717) is 58.3 Å². The smallest absolute Gasteiger partial charge is 0.294 e. The van der Waals surface area contributed by atoms with Gasteiger partial charge in [0.2, 0.25) is 11.9 Å². The number of azo groups is 2. The number of anilines is 5. The third-order valence-corrected chi connectivity index (χ3v) is 12.3. The summed E-state index contributed by atoms with van der Waals surface area (Å²) in [6, 6.07) is 18.0. The molecule has 63 heavy (non-hydrogen) atoms. The van der Waals surface area contributed by atoms with E-state index in [1.54, 1.807) is 31.4 Å². The Kier molecular flexibility index (Phi) is 15.6. The minimum atomic E-state index is -4.49. The molecule has 22 heteroatoms. The molecule has 334 valence electrons. The lowest BCUT2D eigenvalue weighted by Crippen LogP contribution is -2.27. The van der Waals surface area contributed by atoms with E-state index in [0.717, 1.165) is 31.2 Å². The second-order valence-corrected chi connectivity index (χ2v) is 17.9. The maximum atomic E-state index is 11.9. The Morgan fingerprint density at radius 3 is 2.10 bits per heavy atom. The second-order valence-electron chi connectivity index (χ2n) is 14.0. The van der Waals surface area contributed by atoms with Crippen molar-refractivity contribution in [3.05, 3.63) is 78.4 Å². The molecular formula is C41H48N10O9S3. The van der Waals surface area contributed by atoms with Gasteiger partial charge in [-0.15, -0.1) is 10.2 Å². The lowest BCUT2D eigenvalue weighted by Gasteiger charge is -2.26. The van der Waals surface area contributed by atoms with Crippen molar-refractivity contribution in [1.82, 2.24) is 15.0 Å². The summed E-state index contributed by atoms with van der Waals surface area (Å²) in [7, 11) is -5.87. The maximum Gasteiger partial charge on any atom is 0.294 e. The van der Waals surface area contributed by atoms with Crippen LogP contribution < -0.4 is 25.0 Å². The maximum absolute atomic E-state index is 11.9. The van der Waals surface area contributed by atoms with Gasteiger partial charge in [-0.1, -0.05) is 50.6 Å². The van der Waals surface area contributed by atoms with Crippen LogP contribution in [0.1, 0.15) is 57.9 Å². The number of benzene rings is 4. The van der Waals surface area contributed by atoms with Crippen molar-refractivity contribution in [2.45, 2.75) is 67.3 Å². The highest BCUT2D eigenvalue weighted by molar-refractivity contribution is 7.99. The van der Waals surface area contributed by atoms with Crippen LogP contribution in [0.3, 0.4) is 0 Å². The van der Waals surface area contributed by atoms with Gasteiger partial charge in [0, 0.05) is 24.4 Å². The summed E-state index contributed by atoms with van der Waals surface area (Å²) in [5.74, 6) is 1.97. The van der Waals surface area contributed by atoms with Crippen LogP contribution >= 0.6 is 11.8 Å². The molecule has 5 aromatic rings. The zero-order chi connectivity index (χ0) is 45.1. The first kappa shape index (κ1) is 46.7. The molecule has 0 saturated heterocycles. The van der Waals surface area contributed by atoms with Crippen LogP contribution in [-0.2, 0) is 25.0 Å². The molecule has 4 aromatic carbocycles. The number of nitrogens with zero attached hydrogens (tertiary/aromatic N) is 8. The number of nitrogens with one attached hydrogen (secondary N) is 2. The average molecular weight is 921 g/mol. The molecule has 0 saturated carbocycles. The van der Waals surface area contributed by atoms with Crippen LogP contribution in [-0.4, -0.2) is 80.7 Å². The van der Waals surface area contributed by atoms with E-state index in [9.17, 15) is 25.9 Å². The average Bonchev–Trinajstić information content (AvgIpc) is 3.27. The number of thioether (sulfide) groups is 1. The van der Waals surface area contributed by atoms with Crippen LogP contribution in [0.2, 0.25) is 0 Å². The van der Waals surface area contributed by atoms with Crippen molar-refractivity contribution in [3.63, 3.8) is 0 Å². The van der Waals surface area contributed by atoms with E-state index in [1.165, 1.54) is 61.3 Å². The van der Waals surface area contributed by atoms with E-state index >= 15 is 0 Å². The summed E-state index contributed by atoms with van der Waals surface area (Å²) in [6.45, 7) is 7.41. The second kappa shape index (κ2) is 21.1. The highest BCUT2D eigenvalue weighted by atomic mass is 32.2. The third kappa shape index (κ3) is 12.2. The van der Waals surface area contributed by atoms with Crippen LogP contribution in [0.15, 0.2) is 108 Å². The Bertz CT molecular complexity index is 2710. The van der Waals surface area contributed by atoms with Gasteiger partial charge in [-0.05, 0) is 79.8 Å². The molecule has 1 unspecified atom stereocenters. The minimum Gasteiger partial charge on any atom is -0.496 e. The van der Waals surface area contributed by atoms with E-state index < -0.39 is 20.2 Å². The van der Waals surface area contributed by atoms with E-state index in [2.05, 4.69) is 44.9 Å². The lowest BCUT2D eigenvalue weighted by molar-refractivity contribution is 0.150. The predicted molar refractivity (Wildman–Crippen MR) is 240 cm³/mol. The van der Waals surface area contributed by atoms with E-state index in [4.69, 9.17) is 29.2 Å². The number of ether oxygens (including phenoxy) is 3. The summed E-state index contributed by atoms with van der Waals surface area (Å²) in [5, 5.41) is 24.5. The number of fused-ring (bicyclic) bond motifs is 4. The zero-order valence-electron chi connectivity index (χ0n) is 35.2. The molecule has 1 aliphatic rings. The minimum absolute atomic E-state index is 0.132. The fraction of sp³-hybridized carbons (Fsp3) is 0.341. The fourth-order valence-electron chi connectivity index (χ4n) is 6.55. The summed E-state index contributed by atoms with van der Waals surface area (Å²) in [5.41, 5.74) is 3.42. The van der Waals surface area contributed by atoms with Gasteiger partial charge in [0.05, 0.1) is 59.1 Å². The van der Waals surface area contributed by atoms with Gasteiger partial charge >= 0.3 is 0 Å². The molecule has 1 atom stereocenters. The van der Waals surface area contributed by atoms with Gasteiger partial charge < -0.3 is 29.7 Å². The van der Waals surface area contributed by atoms with Crippen molar-refractivity contribution in [1.29, 1.82) is 0 Å².